The molecule has 0 aromatic carbocycles. The Hall–Kier alpha value is -0.0400. The Bertz CT molecular complexity index is 69.7. The number of hydrogen-bond donors (Lipinski definition) is 1. The average molecular weight is 129 g/mol. The molecule has 1 aliphatic rings. The first kappa shape index (κ1) is 7.07. The van der Waals surface area contributed by atoms with E-state index in [0.717, 1.165) is 12.5 Å². The van der Waals surface area contributed by atoms with Crippen molar-refractivity contribution in [3.8, 4) is 0 Å². The second-order valence-corrected chi connectivity index (χ2v) is 2.96. The molecule has 0 aliphatic heterocycles. The molecule has 9 heavy (non-hydrogen) atoms. The highest BCUT2D eigenvalue weighted by molar-refractivity contribution is 4.68. The molecule has 0 unspecified atom stereocenters. The van der Waals surface area contributed by atoms with Crippen molar-refractivity contribution in [2.45, 2.75) is 32.6 Å². The van der Waals surface area contributed by atoms with Crippen LogP contribution in [0.3, 0.4) is 0 Å². The molecule has 0 atom stereocenters. The standard InChI is InChI=1S/C8H17N.H2/c1-2-9-7-8-5-3-4-6-8;/h8-9H,2-7H2,1H3;1H. The highest BCUT2D eigenvalue weighted by Gasteiger charge is 2.13. The zero-order chi connectivity index (χ0) is 6.53. The van der Waals surface area contributed by atoms with Crippen LogP contribution in [0.15, 0.2) is 0 Å². The van der Waals surface area contributed by atoms with E-state index in [1.54, 1.807) is 0 Å². The van der Waals surface area contributed by atoms with Crippen molar-refractivity contribution in [1.29, 1.82) is 0 Å². The van der Waals surface area contributed by atoms with E-state index in [-0.39, 0.29) is 1.43 Å². The molecular formula is C8H19N. The fraction of sp³-hybridized carbons (Fsp3) is 1.00. The molecule has 1 saturated carbocycles. The predicted molar refractivity (Wildman–Crippen MR) is 42.6 cm³/mol. The zero-order valence-corrected chi connectivity index (χ0v) is 6.32. The van der Waals surface area contributed by atoms with Gasteiger partial charge in [-0.15, -0.1) is 0 Å². The molecular weight excluding hydrogens is 110 g/mol. The summed E-state index contributed by atoms with van der Waals surface area (Å²) >= 11 is 0. The second kappa shape index (κ2) is 3.89. The lowest BCUT2D eigenvalue weighted by molar-refractivity contribution is 0.498. The van der Waals surface area contributed by atoms with E-state index in [4.69, 9.17) is 0 Å². The van der Waals surface area contributed by atoms with Crippen molar-refractivity contribution < 1.29 is 1.43 Å². The second-order valence-electron chi connectivity index (χ2n) is 2.96. The Labute approximate surface area is 59.3 Å². The van der Waals surface area contributed by atoms with E-state index in [2.05, 4.69) is 12.2 Å². The lowest BCUT2D eigenvalue weighted by atomic mass is 10.1. The van der Waals surface area contributed by atoms with Gasteiger partial charge in [-0.3, -0.25) is 0 Å². The number of nitrogens with one attached hydrogen (secondary N) is 1. The van der Waals surface area contributed by atoms with E-state index in [1.807, 2.05) is 0 Å². The summed E-state index contributed by atoms with van der Waals surface area (Å²) in [5.41, 5.74) is 0. The van der Waals surface area contributed by atoms with Gasteiger partial charge in [0.25, 0.3) is 0 Å². The van der Waals surface area contributed by atoms with Gasteiger partial charge in [0.2, 0.25) is 0 Å². The molecule has 0 spiro atoms. The molecule has 56 valence electrons. The third-order valence-electron chi connectivity index (χ3n) is 2.16. The van der Waals surface area contributed by atoms with Crippen LogP contribution in [0.2, 0.25) is 0 Å². The zero-order valence-electron chi connectivity index (χ0n) is 6.32. The maximum atomic E-state index is 3.39. The Morgan fingerprint density at radius 3 is 2.67 bits per heavy atom. The molecule has 0 aromatic heterocycles. The van der Waals surface area contributed by atoms with Gasteiger partial charge in [-0.05, 0) is 31.8 Å². The maximum absolute atomic E-state index is 3.39. The van der Waals surface area contributed by atoms with Gasteiger partial charge in [-0.2, -0.15) is 0 Å². The van der Waals surface area contributed by atoms with Crippen LogP contribution in [0.5, 0.6) is 0 Å². The molecule has 0 heterocycles. The summed E-state index contributed by atoms with van der Waals surface area (Å²) in [6, 6.07) is 0. The largest absolute Gasteiger partial charge is 0.317 e. The van der Waals surface area contributed by atoms with Gasteiger partial charge < -0.3 is 5.32 Å². The molecule has 1 heteroatoms. The summed E-state index contributed by atoms with van der Waals surface area (Å²) in [6.45, 7) is 4.57. The molecule has 0 aromatic rings. The van der Waals surface area contributed by atoms with Crippen molar-refractivity contribution in [3.63, 3.8) is 0 Å². The van der Waals surface area contributed by atoms with Gasteiger partial charge in [0, 0.05) is 1.43 Å². The van der Waals surface area contributed by atoms with E-state index < -0.39 is 0 Å². The summed E-state index contributed by atoms with van der Waals surface area (Å²) in [5, 5.41) is 3.39. The Balaban J connectivity index is 0.000000810. The Kier molecular flexibility index (Phi) is 3.05. The van der Waals surface area contributed by atoms with Crippen LogP contribution < -0.4 is 5.32 Å². The predicted octanol–water partition coefficient (Wildman–Crippen LogP) is 2.03. The van der Waals surface area contributed by atoms with Crippen LogP contribution in [0.1, 0.15) is 34.0 Å². The lowest BCUT2D eigenvalue weighted by Crippen LogP contribution is -2.20. The quantitative estimate of drug-likeness (QED) is 0.615. The lowest BCUT2D eigenvalue weighted by Gasteiger charge is -2.07. The van der Waals surface area contributed by atoms with Crippen LogP contribution in [0.25, 0.3) is 0 Å². The van der Waals surface area contributed by atoms with Gasteiger partial charge in [-0.25, -0.2) is 0 Å². The SMILES string of the molecule is CCNCC1CCCC1.[HH]. The van der Waals surface area contributed by atoms with E-state index >= 15 is 0 Å². The van der Waals surface area contributed by atoms with Crippen molar-refractivity contribution in [1.82, 2.24) is 5.32 Å². The summed E-state index contributed by atoms with van der Waals surface area (Å²) in [4.78, 5) is 0. The number of rotatable bonds is 3. The van der Waals surface area contributed by atoms with Gasteiger partial charge in [-0.1, -0.05) is 19.8 Å². The summed E-state index contributed by atoms with van der Waals surface area (Å²) in [5.74, 6) is 1.00. The summed E-state index contributed by atoms with van der Waals surface area (Å²) < 4.78 is 0. The van der Waals surface area contributed by atoms with E-state index in [9.17, 15) is 0 Å². The first-order chi connectivity index (χ1) is 4.43. The molecule has 0 amide bonds. The monoisotopic (exact) mass is 129 g/mol. The van der Waals surface area contributed by atoms with Gasteiger partial charge >= 0.3 is 0 Å². The molecule has 1 N–H and O–H groups in total. The average Bonchev–Trinajstić information content (AvgIpc) is 2.34. The summed E-state index contributed by atoms with van der Waals surface area (Å²) in [6.07, 6.45) is 5.87. The smallest absolute Gasteiger partial charge is 0 e. The van der Waals surface area contributed by atoms with Crippen LogP contribution in [0.4, 0.5) is 0 Å². The van der Waals surface area contributed by atoms with Crippen LogP contribution >= 0.6 is 0 Å². The Morgan fingerprint density at radius 1 is 1.44 bits per heavy atom. The molecule has 1 fully saturated rings. The maximum Gasteiger partial charge on any atom is 0 e. The molecule has 1 aliphatic carbocycles. The van der Waals surface area contributed by atoms with Gasteiger partial charge in [0.1, 0.15) is 0 Å². The third-order valence-corrected chi connectivity index (χ3v) is 2.16. The summed E-state index contributed by atoms with van der Waals surface area (Å²) in [7, 11) is 0. The highest BCUT2D eigenvalue weighted by atomic mass is 14.8. The van der Waals surface area contributed by atoms with Crippen molar-refractivity contribution in [2.24, 2.45) is 5.92 Å². The fourth-order valence-corrected chi connectivity index (χ4v) is 1.56. The van der Waals surface area contributed by atoms with Crippen LogP contribution in [0, 0.1) is 5.92 Å². The highest BCUT2D eigenvalue weighted by Crippen LogP contribution is 2.23. The molecule has 0 radical (unpaired) electrons. The van der Waals surface area contributed by atoms with Crippen LogP contribution in [-0.2, 0) is 0 Å². The molecule has 1 nitrogen and oxygen atoms in total. The van der Waals surface area contributed by atoms with Gasteiger partial charge in [0.05, 0.1) is 0 Å². The minimum absolute atomic E-state index is 0. The fourth-order valence-electron chi connectivity index (χ4n) is 1.56. The first-order valence-corrected chi connectivity index (χ1v) is 4.14. The number of hydrogen-bond acceptors (Lipinski definition) is 1. The normalized spacial score (nSPS) is 21.0. The van der Waals surface area contributed by atoms with E-state index in [1.165, 1.54) is 32.2 Å². The molecule has 0 bridgehead atoms. The third kappa shape index (κ3) is 2.35. The molecule has 1 rings (SSSR count). The van der Waals surface area contributed by atoms with Crippen molar-refractivity contribution in [2.75, 3.05) is 13.1 Å². The van der Waals surface area contributed by atoms with Crippen LogP contribution in [-0.4, -0.2) is 13.1 Å². The topological polar surface area (TPSA) is 12.0 Å². The first-order valence-electron chi connectivity index (χ1n) is 4.14. The molecule has 0 saturated heterocycles. The minimum Gasteiger partial charge on any atom is -0.317 e. The van der Waals surface area contributed by atoms with Crippen molar-refractivity contribution in [3.05, 3.63) is 0 Å². The van der Waals surface area contributed by atoms with E-state index in [0.29, 0.717) is 0 Å². The Morgan fingerprint density at radius 2 is 2.11 bits per heavy atom. The van der Waals surface area contributed by atoms with Gasteiger partial charge in [0.15, 0.2) is 0 Å². The van der Waals surface area contributed by atoms with Crippen molar-refractivity contribution >= 4 is 0 Å². The minimum atomic E-state index is 0.